The quantitative estimate of drug-likeness (QED) is 0.663. The fraction of sp³-hybridized carbons (Fsp3) is 0.458. The molecule has 0 radical (unpaired) electrons. The maximum atomic E-state index is 13.0. The second-order valence-electron chi connectivity index (χ2n) is 8.23. The Bertz CT molecular complexity index is 1110. The molecule has 1 N–H and O–H groups in total. The molecule has 1 atom stereocenters. The van der Waals surface area contributed by atoms with Crippen LogP contribution in [0.3, 0.4) is 0 Å². The van der Waals surface area contributed by atoms with Crippen molar-refractivity contribution in [1.29, 1.82) is 0 Å². The number of ether oxygens (including phenoxy) is 3. The van der Waals surface area contributed by atoms with E-state index in [2.05, 4.69) is 11.4 Å². The van der Waals surface area contributed by atoms with Crippen LogP contribution in [-0.2, 0) is 32.4 Å². The Kier molecular flexibility index (Phi) is 7.21. The van der Waals surface area contributed by atoms with Crippen LogP contribution in [0.15, 0.2) is 41.3 Å². The second kappa shape index (κ2) is 10.1. The molecule has 178 valence electrons. The molecule has 0 aromatic heterocycles. The first-order valence-corrected chi connectivity index (χ1v) is 12.7. The van der Waals surface area contributed by atoms with Gasteiger partial charge in [0.15, 0.2) is 6.10 Å². The van der Waals surface area contributed by atoms with Crippen molar-refractivity contribution in [3.63, 3.8) is 0 Å². The van der Waals surface area contributed by atoms with Crippen molar-refractivity contribution in [2.45, 2.75) is 43.6 Å². The summed E-state index contributed by atoms with van der Waals surface area (Å²) in [5.74, 6) is 0.710. The number of carbonyl (C=O) groups is 1. The van der Waals surface area contributed by atoms with Crippen molar-refractivity contribution < 1.29 is 27.4 Å². The molecule has 1 unspecified atom stereocenters. The number of fused-ring (bicyclic) bond motifs is 1. The summed E-state index contributed by atoms with van der Waals surface area (Å²) in [6, 6.07) is 10.4. The number of benzene rings is 2. The molecule has 0 bridgehead atoms. The molecule has 33 heavy (non-hydrogen) atoms. The van der Waals surface area contributed by atoms with Gasteiger partial charge in [0.1, 0.15) is 11.5 Å². The standard InChI is InChI=1S/C24H30N2O6S/c1-17(32-22-9-5-7-18-6-3-4-8-20(18)22)24(27)25-21-16-19(10-11-23(21)30-2)33(28,29)26-12-14-31-15-13-26/h5,7,9-11,16-17H,3-4,6,8,12-15H2,1-2H3,(H,25,27). The van der Waals surface area contributed by atoms with Gasteiger partial charge >= 0.3 is 0 Å². The Hall–Kier alpha value is -2.62. The zero-order chi connectivity index (χ0) is 23.4. The van der Waals surface area contributed by atoms with Crippen LogP contribution in [0.5, 0.6) is 11.5 Å². The molecule has 2 aliphatic rings. The number of morpholine rings is 1. The minimum atomic E-state index is -3.71. The van der Waals surface area contributed by atoms with Gasteiger partial charge in [0.2, 0.25) is 10.0 Å². The molecule has 1 aliphatic heterocycles. The first-order chi connectivity index (χ1) is 15.9. The summed E-state index contributed by atoms with van der Waals surface area (Å²) < 4.78 is 44.1. The smallest absolute Gasteiger partial charge is 0.265 e. The van der Waals surface area contributed by atoms with Gasteiger partial charge in [-0.15, -0.1) is 0 Å². The van der Waals surface area contributed by atoms with E-state index < -0.39 is 16.1 Å². The molecule has 1 aliphatic carbocycles. The van der Waals surface area contributed by atoms with E-state index in [0.717, 1.165) is 31.4 Å². The van der Waals surface area contributed by atoms with Crippen LogP contribution in [0.4, 0.5) is 5.69 Å². The predicted molar refractivity (Wildman–Crippen MR) is 124 cm³/mol. The summed E-state index contributed by atoms with van der Waals surface area (Å²) in [6.07, 6.45) is 3.46. The number of carbonyl (C=O) groups excluding carboxylic acids is 1. The van der Waals surface area contributed by atoms with E-state index in [1.54, 1.807) is 13.0 Å². The molecule has 2 aromatic rings. The molecule has 1 heterocycles. The molecule has 1 saturated heterocycles. The van der Waals surface area contributed by atoms with Gasteiger partial charge in [-0.1, -0.05) is 12.1 Å². The molecule has 1 amide bonds. The van der Waals surface area contributed by atoms with Crippen LogP contribution in [0.1, 0.15) is 30.9 Å². The average molecular weight is 475 g/mol. The molecule has 4 rings (SSSR count). The van der Waals surface area contributed by atoms with Crippen LogP contribution in [0.25, 0.3) is 0 Å². The Labute approximate surface area is 194 Å². The van der Waals surface area contributed by atoms with Gasteiger partial charge in [-0.05, 0) is 68.0 Å². The van der Waals surface area contributed by atoms with E-state index in [0.29, 0.717) is 32.1 Å². The minimum Gasteiger partial charge on any atom is -0.495 e. The highest BCUT2D eigenvalue weighted by atomic mass is 32.2. The summed E-state index contributed by atoms with van der Waals surface area (Å²) in [4.78, 5) is 13.0. The van der Waals surface area contributed by atoms with Gasteiger partial charge in [-0.2, -0.15) is 4.31 Å². The maximum absolute atomic E-state index is 13.0. The molecule has 0 spiro atoms. The van der Waals surface area contributed by atoms with E-state index in [9.17, 15) is 13.2 Å². The van der Waals surface area contributed by atoms with Crippen molar-refractivity contribution in [1.82, 2.24) is 4.31 Å². The fourth-order valence-corrected chi connectivity index (χ4v) is 5.65. The fourth-order valence-electron chi connectivity index (χ4n) is 4.22. The van der Waals surface area contributed by atoms with Crippen molar-refractivity contribution in [3.8, 4) is 11.5 Å². The number of rotatable bonds is 7. The first kappa shape index (κ1) is 23.5. The molecule has 9 heteroatoms. The van der Waals surface area contributed by atoms with Crippen molar-refractivity contribution in [2.24, 2.45) is 0 Å². The Morgan fingerprint density at radius 3 is 2.61 bits per heavy atom. The summed E-state index contributed by atoms with van der Waals surface area (Å²) in [5.41, 5.74) is 2.72. The summed E-state index contributed by atoms with van der Waals surface area (Å²) >= 11 is 0. The number of nitrogens with zero attached hydrogens (tertiary/aromatic N) is 1. The monoisotopic (exact) mass is 474 g/mol. The largest absolute Gasteiger partial charge is 0.495 e. The van der Waals surface area contributed by atoms with E-state index in [4.69, 9.17) is 14.2 Å². The highest BCUT2D eigenvalue weighted by molar-refractivity contribution is 7.89. The van der Waals surface area contributed by atoms with Gasteiger partial charge in [-0.25, -0.2) is 8.42 Å². The average Bonchev–Trinajstić information content (AvgIpc) is 2.84. The van der Waals surface area contributed by atoms with Gasteiger partial charge in [0.25, 0.3) is 5.91 Å². The van der Waals surface area contributed by atoms with E-state index in [-0.39, 0.29) is 16.5 Å². The highest BCUT2D eigenvalue weighted by Gasteiger charge is 2.28. The zero-order valence-corrected chi connectivity index (χ0v) is 19.8. The molecule has 8 nitrogen and oxygen atoms in total. The number of nitrogens with one attached hydrogen (secondary N) is 1. The normalized spacial score (nSPS) is 17.6. The van der Waals surface area contributed by atoms with Crippen molar-refractivity contribution in [3.05, 3.63) is 47.5 Å². The highest BCUT2D eigenvalue weighted by Crippen LogP contribution is 2.32. The number of amides is 1. The lowest BCUT2D eigenvalue weighted by atomic mass is 9.91. The van der Waals surface area contributed by atoms with Crippen LogP contribution in [0, 0.1) is 0 Å². The van der Waals surface area contributed by atoms with E-state index in [1.807, 2.05) is 12.1 Å². The maximum Gasteiger partial charge on any atom is 0.265 e. The summed E-state index contributed by atoms with van der Waals surface area (Å²) in [7, 11) is -2.24. The zero-order valence-electron chi connectivity index (χ0n) is 19.0. The predicted octanol–water partition coefficient (Wildman–Crippen LogP) is 3.00. The second-order valence-corrected chi connectivity index (χ2v) is 10.2. The Morgan fingerprint density at radius 1 is 1.09 bits per heavy atom. The SMILES string of the molecule is COc1ccc(S(=O)(=O)N2CCOCC2)cc1NC(=O)C(C)Oc1cccc2c1CCCC2. The Morgan fingerprint density at radius 2 is 1.85 bits per heavy atom. The summed E-state index contributed by atoms with van der Waals surface area (Å²) in [5, 5.41) is 2.78. The van der Waals surface area contributed by atoms with Crippen molar-refractivity contribution in [2.75, 3.05) is 38.7 Å². The molecule has 0 saturated carbocycles. The third-order valence-corrected chi connectivity index (χ3v) is 7.96. The number of methoxy groups -OCH3 is 1. The third kappa shape index (κ3) is 5.15. The topological polar surface area (TPSA) is 94.2 Å². The number of hydrogen-bond donors (Lipinski definition) is 1. The lowest BCUT2D eigenvalue weighted by Gasteiger charge is -2.26. The number of anilines is 1. The van der Waals surface area contributed by atoms with E-state index in [1.165, 1.54) is 34.7 Å². The lowest BCUT2D eigenvalue weighted by molar-refractivity contribution is -0.122. The molecular formula is C24H30N2O6S. The molecular weight excluding hydrogens is 444 g/mol. The number of sulfonamides is 1. The number of aryl methyl sites for hydroxylation is 1. The molecule has 2 aromatic carbocycles. The van der Waals surface area contributed by atoms with E-state index >= 15 is 0 Å². The minimum absolute atomic E-state index is 0.0891. The van der Waals surface area contributed by atoms with Crippen LogP contribution in [0.2, 0.25) is 0 Å². The van der Waals surface area contributed by atoms with Crippen molar-refractivity contribution >= 4 is 21.6 Å². The van der Waals surface area contributed by atoms with Gasteiger partial charge in [0, 0.05) is 13.1 Å². The van der Waals surface area contributed by atoms with Gasteiger partial charge in [-0.3, -0.25) is 4.79 Å². The third-order valence-electron chi connectivity index (χ3n) is 6.06. The van der Waals surface area contributed by atoms with Crippen LogP contribution < -0.4 is 14.8 Å². The molecule has 1 fully saturated rings. The van der Waals surface area contributed by atoms with Crippen LogP contribution >= 0.6 is 0 Å². The van der Waals surface area contributed by atoms with Crippen LogP contribution in [-0.4, -0.2) is 58.1 Å². The summed E-state index contributed by atoms with van der Waals surface area (Å²) in [6.45, 7) is 2.98. The van der Waals surface area contributed by atoms with Gasteiger partial charge in [0.05, 0.1) is 30.9 Å². The van der Waals surface area contributed by atoms with Gasteiger partial charge < -0.3 is 19.5 Å². The lowest BCUT2D eigenvalue weighted by Crippen LogP contribution is -2.40. The number of hydrogen-bond acceptors (Lipinski definition) is 6. The first-order valence-electron chi connectivity index (χ1n) is 11.2. The Balaban J connectivity index is 1.52.